The first-order valence-electron chi connectivity index (χ1n) is 5.77. The van der Waals surface area contributed by atoms with Gasteiger partial charge < -0.3 is 4.74 Å². The number of fused-ring (bicyclic) bond motifs is 1. The molecule has 0 aromatic heterocycles. The second-order valence-corrected chi connectivity index (χ2v) is 6.14. The van der Waals surface area contributed by atoms with Gasteiger partial charge in [0.15, 0.2) is 6.10 Å². The van der Waals surface area contributed by atoms with Gasteiger partial charge in [-0.2, -0.15) is 0 Å². The second kappa shape index (κ2) is 4.19. The van der Waals surface area contributed by atoms with Crippen LogP contribution >= 0.6 is 15.9 Å². The maximum Gasteiger partial charge on any atom is 0.303 e. The fourth-order valence-corrected chi connectivity index (χ4v) is 3.12. The van der Waals surface area contributed by atoms with Gasteiger partial charge in [0.2, 0.25) is 5.78 Å². The lowest BCUT2D eigenvalue weighted by molar-refractivity contribution is -0.146. The minimum Gasteiger partial charge on any atom is -0.453 e. The molecule has 0 amide bonds. The summed E-state index contributed by atoms with van der Waals surface area (Å²) in [6, 6.07) is 3.84. The summed E-state index contributed by atoms with van der Waals surface area (Å²) < 4.78 is 6.15. The zero-order chi connectivity index (χ0) is 13.7. The van der Waals surface area contributed by atoms with Crippen molar-refractivity contribution in [2.45, 2.75) is 39.2 Å². The summed E-state index contributed by atoms with van der Waals surface area (Å²) in [7, 11) is 0. The highest BCUT2D eigenvalue weighted by Crippen LogP contribution is 2.42. The summed E-state index contributed by atoms with van der Waals surface area (Å²) in [4.78, 5) is 23.5. The van der Waals surface area contributed by atoms with Crippen LogP contribution < -0.4 is 0 Å². The van der Waals surface area contributed by atoms with E-state index in [9.17, 15) is 9.59 Å². The molecule has 1 atom stereocenters. The number of benzene rings is 1. The first-order chi connectivity index (χ1) is 8.25. The third-order valence-electron chi connectivity index (χ3n) is 3.42. The normalized spacial score (nSPS) is 20.7. The van der Waals surface area contributed by atoms with E-state index in [-0.39, 0.29) is 5.78 Å². The number of rotatable bonds is 1. The number of Topliss-reactive ketones (excluding diaryl/α,β-unsaturated/α-hetero) is 1. The van der Waals surface area contributed by atoms with Crippen LogP contribution in [0.1, 0.15) is 42.3 Å². The van der Waals surface area contributed by atoms with Crippen molar-refractivity contribution in [3.63, 3.8) is 0 Å². The fourth-order valence-electron chi connectivity index (χ4n) is 2.55. The summed E-state index contributed by atoms with van der Waals surface area (Å²) in [6.07, 6.45) is -0.724. The highest BCUT2D eigenvalue weighted by Gasteiger charge is 2.48. The highest BCUT2D eigenvalue weighted by molar-refractivity contribution is 9.10. The van der Waals surface area contributed by atoms with Crippen LogP contribution in [0.4, 0.5) is 0 Å². The van der Waals surface area contributed by atoms with Crippen molar-refractivity contribution in [3.05, 3.63) is 33.3 Å². The Bertz CT molecular complexity index is 546. The van der Waals surface area contributed by atoms with E-state index in [1.54, 1.807) is 0 Å². The predicted molar refractivity (Wildman–Crippen MR) is 71.8 cm³/mol. The summed E-state index contributed by atoms with van der Waals surface area (Å²) in [5.41, 5.74) is 2.04. The van der Waals surface area contributed by atoms with Gasteiger partial charge in [-0.3, -0.25) is 9.59 Å². The van der Waals surface area contributed by atoms with E-state index in [1.165, 1.54) is 6.92 Å². The molecule has 1 aromatic carbocycles. The van der Waals surface area contributed by atoms with Crippen LogP contribution in [0, 0.1) is 6.92 Å². The minimum atomic E-state index is -0.724. The van der Waals surface area contributed by atoms with Crippen molar-refractivity contribution in [2.75, 3.05) is 0 Å². The van der Waals surface area contributed by atoms with E-state index in [0.717, 1.165) is 15.6 Å². The Morgan fingerprint density at radius 1 is 1.39 bits per heavy atom. The first-order valence-corrected chi connectivity index (χ1v) is 6.56. The Labute approximate surface area is 115 Å². The molecule has 0 N–H and O–H groups in total. The molecule has 0 saturated carbocycles. The summed E-state index contributed by atoms with van der Waals surface area (Å²) in [5.74, 6) is -0.527. The van der Waals surface area contributed by atoms with Gasteiger partial charge in [0.05, 0.1) is 0 Å². The first kappa shape index (κ1) is 13.3. The van der Waals surface area contributed by atoms with Gasteiger partial charge in [-0.1, -0.05) is 29.8 Å². The molecule has 0 heterocycles. The van der Waals surface area contributed by atoms with Gasteiger partial charge in [-0.25, -0.2) is 0 Å². The highest BCUT2D eigenvalue weighted by atomic mass is 79.9. The zero-order valence-electron chi connectivity index (χ0n) is 10.8. The molecule has 0 saturated heterocycles. The molecule has 2 rings (SSSR count). The topological polar surface area (TPSA) is 43.4 Å². The number of ether oxygens (including phenoxy) is 1. The standard InChI is InChI=1S/C14H15BrO3/c1-7-5-9(15)6-10-11(7)12(17)13(14(10,3)4)18-8(2)16/h5-6,13H,1-4H3. The molecule has 96 valence electrons. The van der Waals surface area contributed by atoms with E-state index >= 15 is 0 Å². The molecule has 18 heavy (non-hydrogen) atoms. The summed E-state index contributed by atoms with van der Waals surface area (Å²) in [5, 5.41) is 0. The molecule has 0 fully saturated rings. The van der Waals surface area contributed by atoms with E-state index in [4.69, 9.17) is 4.74 Å². The molecule has 0 aliphatic heterocycles. The molecule has 0 radical (unpaired) electrons. The predicted octanol–water partition coefficient (Wildman–Crippen LogP) is 3.16. The van der Waals surface area contributed by atoms with Gasteiger partial charge in [0, 0.05) is 22.4 Å². The van der Waals surface area contributed by atoms with Crippen LogP contribution in [-0.4, -0.2) is 17.9 Å². The SMILES string of the molecule is CC(=O)OC1C(=O)c2c(C)cc(Br)cc2C1(C)C. The molecular weight excluding hydrogens is 296 g/mol. The molecule has 4 heteroatoms. The third-order valence-corrected chi connectivity index (χ3v) is 3.88. The maximum atomic E-state index is 12.4. The largest absolute Gasteiger partial charge is 0.453 e. The van der Waals surface area contributed by atoms with Crippen molar-refractivity contribution in [1.82, 2.24) is 0 Å². The van der Waals surface area contributed by atoms with Crippen molar-refractivity contribution in [1.29, 1.82) is 0 Å². The van der Waals surface area contributed by atoms with Gasteiger partial charge >= 0.3 is 5.97 Å². The van der Waals surface area contributed by atoms with Gasteiger partial charge in [-0.05, 0) is 30.2 Å². The monoisotopic (exact) mass is 310 g/mol. The Balaban J connectivity index is 2.60. The smallest absolute Gasteiger partial charge is 0.303 e. The molecule has 1 aromatic rings. The maximum absolute atomic E-state index is 12.4. The minimum absolute atomic E-state index is 0.102. The lowest BCUT2D eigenvalue weighted by atomic mass is 9.84. The van der Waals surface area contributed by atoms with Crippen molar-refractivity contribution < 1.29 is 14.3 Å². The van der Waals surface area contributed by atoms with E-state index in [0.29, 0.717) is 5.56 Å². The molecular formula is C14H15BrO3. The molecule has 0 bridgehead atoms. The van der Waals surface area contributed by atoms with E-state index in [2.05, 4.69) is 15.9 Å². The Hall–Kier alpha value is -1.16. The molecule has 1 unspecified atom stereocenters. The number of hydrogen-bond acceptors (Lipinski definition) is 3. The number of halogens is 1. The molecule has 3 nitrogen and oxygen atoms in total. The molecule has 1 aliphatic rings. The van der Waals surface area contributed by atoms with E-state index in [1.807, 2.05) is 32.9 Å². The Morgan fingerprint density at radius 3 is 2.56 bits per heavy atom. The second-order valence-electron chi connectivity index (χ2n) is 5.22. The van der Waals surface area contributed by atoms with Gasteiger partial charge in [0.25, 0.3) is 0 Å². The van der Waals surface area contributed by atoms with Crippen LogP contribution in [0.5, 0.6) is 0 Å². The van der Waals surface area contributed by atoms with Crippen molar-refractivity contribution >= 4 is 27.7 Å². The molecule has 0 spiro atoms. The van der Waals surface area contributed by atoms with Crippen molar-refractivity contribution in [3.8, 4) is 0 Å². The number of aryl methyl sites for hydroxylation is 1. The average molecular weight is 311 g/mol. The average Bonchev–Trinajstić information content (AvgIpc) is 2.39. The van der Waals surface area contributed by atoms with Crippen LogP contribution in [-0.2, 0) is 14.9 Å². The van der Waals surface area contributed by atoms with Crippen LogP contribution in [0.15, 0.2) is 16.6 Å². The number of esters is 1. The summed E-state index contributed by atoms with van der Waals surface area (Å²) >= 11 is 3.44. The van der Waals surface area contributed by atoms with Gasteiger partial charge in [-0.15, -0.1) is 0 Å². The third kappa shape index (κ3) is 1.88. The summed E-state index contributed by atoms with van der Waals surface area (Å²) in [6.45, 7) is 7.08. The molecule has 1 aliphatic carbocycles. The fraction of sp³-hybridized carbons (Fsp3) is 0.429. The van der Waals surface area contributed by atoms with Crippen LogP contribution in [0.25, 0.3) is 0 Å². The number of ketones is 1. The Morgan fingerprint density at radius 2 is 2.00 bits per heavy atom. The zero-order valence-corrected chi connectivity index (χ0v) is 12.4. The van der Waals surface area contributed by atoms with Crippen LogP contribution in [0.2, 0.25) is 0 Å². The number of hydrogen-bond donors (Lipinski definition) is 0. The van der Waals surface area contributed by atoms with Crippen molar-refractivity contribution in [2.24, 2.45) is 0 Å². The van der Waals surface area contributed by atoms with E-state index < -0.39 is 17.5 Å². The quantitative estimate of drug-likeness (QED) is 0.748. The van der Waals surface area contributed by atoms with Crippen LogP contribution in [0.3, 0.4) is 0 Å². The number of carbonyl (C=O) groups is 2. The Kier molecular flexibility index (Phi) is 3.09. The van der Waals surface area contributed by atoms with Gasteiger partial charge in [0.1, 0.15) is 0 Å². The lowest BCUT2D eigenvalue weighted by Gasteiger charge is -2.26. The number of carbonyl (C=O) groups excluding carboxylic acids is 2. The lowest BCUT2D eigenvalue weighted by Crippen LogP contribution is -2.36.